The highest BCUT2D eigenvalue weighted by molar-refractivity contribution is 7.92. The van der Waals surface area contributed by atoms with Gasteiger partial charge in [-0.1, -0.05) is 6.92 Å². The average molecular weight is 179 g/mol. The quantitative estimate of drug-likeness (QED) is 0.688. The molecular weight excluding hydrogens is 162 g/mol. The van der Waals surface area contributed by atoms with Gasteiger partial charge in [0, 0.05) is 12.3 Å². The first-order valence-corrected chi connectivity index (χ1v) is 5.57. The third-order valence-corrected chi connectivity index (χ3v) is 4.50. The van der Waals surface area contributed by atoms with Crippen LogP contribution in [0.5, 0.6) is 0 Å². The number of rotatable bonds is 3. The highest BCUT2D eigenvalue weighted by Gasteiger charge is 2.35. The summed E-state index contributed by atoms with van der Waals surface area (Å²) < 4.78 is 21.5. The van der Waals surface area contributed by atoms with Crippen LogP contribution in [-0.2, 0) is 9.84 Å². The van der Waals surface area contributed by atoms with E-state index >= 15 is 0 Å². The molecule has 0 aromatic carbocycles. The topological polar surface area (TPSA) is 60.2 Å². The standard InChI is InChI=1S/C7H17NO2S/c1-5-6(8)7(2,3)11(4,9)10/h6H,5,8H2,1-4H3. The second-order valence-corrected chi connectivity index (χ2v) is 5.99. The van der Waals surface area contributed by atoms with E-state index in [1.54, 1.807) is 13.8 Å². The average Bonchev–Trinajstić information content (AvgIpc) is 1.83. The van der Waals surface area contributed by atoms with Crippen molar-refractivity contribution in [2.45, 2.75) is 38.0 Å². The molecule has 1 atom stereocenters. The minimum atomic E-state index is -3.04. The van der Waals surface area contributed by atoms with E-state index in [4.69, 9.17) is 5.73 Å². The van der Waals surface area contributed by atoms with E-state index in [1.807, 2.05) is 6.92 Å². The Labute approximate surface area is 68.9 Å². The van der Waals surface area contributed by atoms with Crippen LogP contribution in [0.4, 0.5) is 0 Å². The van der Waals surface area contributed by atoms with Gasteiger partial charge < -0.3 is 5.73 Å². The first-order valence-electron chi connectivity index (χ1n) is 3.68. The summed E-state index contributed by atoms with van der Waals surface area (Å²) in [6.45, 7) is 5.21. The van der Waals surface area contributed by atoms with E-state index in [2.05, 4.69) is 0 Å². The molecule has 0 saturated carbocycles. The summed E-state index contributed by atoms with van der Waals surface area (Å²) >= 11 is 0. The molecule has 0 heterocycles. The molecule has 3 nitrogen and oxygen atoms in total. The third-order valence-electron chi connectivity index (χ3n) is 2.29. The molecule has 0 saturated heterocycles. The zero-order valence-electron chi connectivity index (χ0n) is 7.59. The Balaban J connectivity index is 4.74. The maximum Gasteiger partial charge on any atom is 0.154 e. The Morgan fingerprint density at radius 3 is 1.91 bits per heavy atom. The largest absolute Gasteiger partial charge is 0.326 e. The molecular formula is C7H17NO2S. The Bertz CT molecular complexity index is 219. The van der Waals surface area contributed by atoms with Gasteiger partial charge in [0.05, 0.1) is 4.75 Å². The molecule has 0 aromatic rings. The van der Waals surface area contributed by atoms with E-state index in [9.17, 15) is 8.42 Å². The van der Waals surface area contributed by atoms with Crippen LogP contribution >= 0.6 is 0 Å². The highest BCUT2D eigenvalue weighted by atomic mass is 32.2. The van der Waals surface area contributed by atoms with E-state index < -0.39 is 14.6 Å². The van der Waals surface area contributed by atoms with Crippen molar-refractivity contribution >= 4 is 9.84 Å². The van der Waals surface area contributed by atoms with Gasteiger partial charge in [0.25, 0.3) is 0 Å². The van der Waals surface area contributed by atoms with Crippen LogP contribution < -0.4 is 5.73 Å². The monoisotopic (exact) mass is 179 g/mol. The molecule has 1 unspecified atom stereocenters. The predicted molar refractivity (Wildman–Crippen MR) is 47.2 cm³/mol. The van der Waals surface area contributed by atoms with E-state index in [0.29, 0.717) is 6.42 Å². The van der Waals surface area contributed by atoms with Gasteiger partial charge in [-0.15, -0.1) is 0 Å². The first kappa shape index (κ1) is 10.9. The Kier molecular flexibility index (Phi) is 3.08. The van der Waals surface area contributed by atoms with Crippen LogP contribution in [0.3, 0.4) is 0 Å². The predicted octanol–water partition coefficient (Wildman–Crippen LogP) is 0.547. The fraction of sp³-hybridized carbons (Fsp3) is 1.00. The molecule has 0 bridgehead atoms. The molecule has 0 fully saturated rings. The van der Waals surface area contributed by atoms with Crippen molar-refractivity contribution in [3.8, 4) is 0 Å². The minimum Gasteiger partial charge on any atom is -0.326 e. The minimum absolute atomic E-state index is 0.280. The molecule has 11 heavy (non-hydrogen) atoms. The summed E-state index contributed by atoms with van der Waals surface area (Å²) in [5.74, 6) is 0. The zero-order valence-corrected chi connectivity index (χ0v) is 8.40. The molecule has 0 aliphatic carbocycles. The van der Waals surface area contributed by atoms with Crippen molar-refractivity contribution in [1.82, 2.24) is 0 Å². The molecule has 0 spiro atoms. The molecule has 2 N–H and O–H groups in total. The molecule has 0 aliphatic rings. The fourth-order valence-corrected chi connectivity index (χ4v) is 1.48. The van der Waals surface area contributed by atoms with E-state index in [-0.39, 0.29) is 6.04 Å². The molecule has 0 radical (unpaired) electrons. The smallest absolute Gasteiger partial charge is 0.154 e. The maximum atomic E-state index is 11.2. The molecule has 0 rings (SSSR count). The lowest BCUT2D eigenvalue weighted by atomic mass is 10.0. The van der Waals surface area contributed by atoms with Crippen molar-refractivity contribution in [3.05, 3.63) is 0 Å². The van der Waals surface area contributed by atoms with Crippen LogP contribution in [-0.4, -0.2) is 25.5 Å². The maximum absolute atomic E-state index is 11.2. The third kappa shape index (κ3) is 2.17. The van der Waals surface area contributed by atoms with Gasteiger partial charge in [0.15, 0.2) is 9.84 Å². The van der Waals surface area contributed by atoms with Crippen molar-refractivity contribution < 1.29 is 8.42 Å². The van der Waals surface area contributed by atoms with Gasteiger partial charge >= 0.3 is 0 Å². The summed E-state index contributed by atoms with van der Waals surface area (Å²) in [7, 11) is -3.04. The van der Waals surface area contributed by atoms with Crippen molar-refractivity contribution in [3.63, 3.8) is 0 Å². The van der Waals surface area contributed by atoms with Crippen LogP contribution in [0.2, 0.25) is 0 Å². The Hall–Kier alpha value is -0.0900. The Morgan fingerprint density at radius 1 is 1.45 bits per heavy atom. The van der Waals surface area contributed by atoms with Gasteiger partial charge in [0.2, 0.25) is 0 Å². The summed E-state index contributed by atoms with van der Waals surface area (Å²) in [6, 6.07) is -0.280. The lowest BCUT2D eigenvalue weighted by Gasteiger charge is -2.28. The van der Waals surface area contributed by atoms with Crippen LogP contribution in [0.25, 0.3) is 0 Å². The summed E-state index contributed by atoms with van der Waals surface area (Å²) in [5, 5.41) is 0. The highest BCUT2D eigenvalue weighted by Crippen LogP contribution is 2.20. The lowest BCUT2D eigenvalue weighted by Crippen LogP contribution is -2.48. The van der Waals surface area contributed by atoms with Crippen molar-refractivity contribution in [2.75, 3.05) is 6.26 Å². The number of nitrogens with two attached hydrogens (primary N) is 1. The summed E-state index contributed by atoms with van der Waals surface area (Å²) in [6.07, 6.45) is 1.91. The Morgan fingerprint density at radius 2 is 1.82 bits per heavy atom. The van der Waals surface area contributed by atoms with Crippen LogP contribution in [0.1, 0.15) is 27.2 Å². The first-order chi connectivity index (χ1) is 4.73. The van der Waals surface area contributed by atoms with Crippen LogP contribution in [0, 0.1) is 0 Å². The molecule has 4 heteroatoms. The van der Waals surface area contributed by atoms with E-state index in [1.165, 1.54) is 6.26 Å². The van der Waals surface area contributed by atoms with E-state index in [0.717, 1.165) is 0 Å². The lowest BCUT2D eigenvalue weighted by molar-refractivity contribution is 0.475. The number of sulfone groups is 1. The summed E-state index contributed by atoms with van der Waals surface area (Å²) in [4.78, 5) is 0. The second-order valence-electron chi connectivity index (χ2n) is 3.39. The fourth-order valence-electron chi connectivity index (χ4n) is 0.767. The molecule has 0 aliphatic heterocycles. The number of hydrogen-bond donors (Lipinski definition) is 1. The normalized spacial score (nSPS) is 16.5. The SMILES string of the molecule is CCC(N)C(C)(C)S(C)(=O)=O. The van der Waals surface area contributed by atoms with Gasteiger partial charge in [-0.05, 0) is 20.3 Å². The summed E-state index contributed by atoms with van der Waals surface area (Å²) in [5.41, 5.74) is 5.66. The van der Waals surface area contributed by atoms with Gasteiger partial charge in [-0.25, -0.2) is 8.42 Å². The number of hydrogen-bond acceptors (Lipinski definition) is 3. The van der Waals surface area contributed by atoms with Crippen LogP contribution in [0.15, 0.2) is 0 Å². The zero-order chi connectivity index (χ0) is 9.28. The molecule has 0 aromatic heterocycles. The molecule has 68 valence electrons. The van der Waals surface area contributed by atoms with Gasteiger partial charge in [0.1, 0.15) is 0 Å². The second kappa shape index (κ2) is 3.11. The van der Waals surface area contributed by atoms with Gasteiger partial charge in [-0.3, -0.25) is 0 Å². The van der Waals surface area contributed by atoms with Gasteiger partial charge in [-0.2, -0.15) is 0 Å². The van der Waals surface area contributed by atoms with Crippen molar-refractivity contribution in [2.24, 2.45) is 5.73 Å². The molecule has 0 amide bonds. The van der Waals surface area contributed by atoms with Crippen molar-refractivity contribution in [1.29, 1.82) is 0 Å².